The highest BCUT2D eigenvalue weighted by atomic mass is 16.4. The van der Waals surface area contributed by atoms with Crippen LogP contribution in [0.3, 0.4) is 0 Å². The van der Waals surface area contributed by atoms with Crippen LogP contribution in [0.2, 0.25) is 0 Å². The van der Waals surface area contributed by atoms with Crippen LogP contribution < -0.4 is 10.6 Å². The van der Waals surface area contributed by atoms with Gasteiger partial charge in [-0.25, -0.2) is 9.78 Å². The largest absolute Gasteiger partial charge is 0.477 e. The summed E-state index contributed by atoms with van der Waals surface area (Å²) >= 11 is 0. The number of carbonyl (C=O) groups is 1. The summed E-state index contributed by atoms with van der Waals surface area (Å²) in [4.78, 5) is 14.8. The number of carboxylic acids is 1. The molecule has 158 valence electrons. The molecule has 1 aromatic carbocycles. The number of hydrogen-bond donors (Lipinski definition) is 3. The Morgan fingerprint density at radius 3 is 2.60 bits per heavy atom. The standard InChI is InChI=1S/C25H31N3O2/c1-2-20(10-17-6-4-3-5-7-17)22-13-24(22)28-16-19-11-21(12-19)26-14-18-8-9-23(25(29)30)27-15-18/h3-10,15,19,21-22,24,26,28H,2,11-14,16H2,1H3,(H,29,30)/b20-10+/t19-,21-,22-,24+/m0/s1. The van der Waals surface area contributed by atoms with Gasteiger partial charge in [-0.15, -0.1) is 0 Å². The number of nitrogens with one attached hydrogen (secondary N) is 2. The van der Waals surface area contributed by atoms with E-state index >= 15 is 0 Å². The highest BCUT2D eigenvalue weighted by Gasteiger charge is 2.39. The third-order valence-corrected chi connectivity index (χ3v) is 6.37. The van der Waals surface area contributed by atoms with Crippen molar-refractivity contribution in [3.63, 3.8) is 0 Å². The maximum atomic E-state index is 10.9. The Labute approximate surface area is 178 Å². The van der Waals surface area contributed by atoms with Crippen molar-refractivity contribution in [3.05, 3.63) is 71.1 Å². The van der Waals surface area contributed by atoms with Crippen molar-refractivity contribution < 1.29 is 9.90 Å². The zero-order valence-electron chi connectivity index (χ0n) is 17.6. The number of pyridine rings is 1. The van der Waals surface area contributed by atoms with Gasteiger partial charge in [-0.1, -0.05) is 55.0 Å². The highest BCUT2D eigenvalue weighted by Crippen LogP contribution is 2.40. The molecule has 2 saturated carbocycles. The van der Waals surface area contributed by atoms with Crippen molar-refractivity contribution in [1.82, 2.24) is 15.6 Å². The van der Waals surface area contributed by atoms with E-state index in [9.17, 15) is 4.79 Å². The summed E-state index contributed by atoms with van der Waals surface area (Å²) in [6.45, 7) is 4.11. The maximum Gasteiger partial charge on any atom is 0.354 e. The number of benzene rings is 1. The number of nitrogens with zero attached hydrogens (tertiary/aromatic N) is 1. The SMILES string of the molecule is CC/C(=C\c1ccccc1)[C@@H]1C[C@H]1NC[C@H]1C[C@H](NCc2ccc(C(=O)O)nc2)C1. The normalized spacial score (nSPS) is 25.6. The Balaban J connectivity index is 1.14. The number of aromatic carboxylic acids is 1. The Kier molecular flexibility index (Phi) is 6.60. The minimum atomic E-state index is -0.983. The number of rotatable bonds is 10. The molecule has 0 bridgehead atoms. The van der Waals surface area contributed by atoms with Gasteiger partial charge in [0.1, 0.15) is 5.69 Å². The van der Waals surface area contributed by atoms with Crippen molar-refractivity contribution in [2.24, 2.45) is 11.8 Å². The molecule has 0 radical (unpaired) electrons. The minimum absolute atomic E-state index is 0.0942. The second-order valence-electron chi connectivity index (χ2n) is 8.61. The van der Waals surface area contributed by atoms with E-state index in [0.29, 0.717) is 18.0 Å². The third-order valence-electron chi connectivity index (χ3n) is 6.37. The van der Waals surface area contributed by atoms with E-state index in [1.165, 1.54) is 24.8 Å². The second-order valence-corrected chi connectivity index (χ2v) is 8.61. The molecule has 2 aliphatic carbocycles. The Morgan fingerprint density at radius 1 is 1.13 bits per heavy atom. The van der Waals surface area contributed by atoms with Crippen molar-refractivity contribution in [1.29, 1.82) is 0 Å². The second kappa shape index (κ2) is 9.54. The van der Waals surface area contributed by atoms with Crippen LogP contribution in [-0.4, -0.2) is 34.7 Å². The Morgan fingerprint density at radius 2 is 1.93 bits per heavy atom. The summed E-state index contributed by atoms with van der Waals surface area (Å²) in [7, 11) is 0. The van der Waals surface area contributed by atoms with Crippen molar-refractivity contribution >= 4 is 12.0 Å². The lowest BCUT2D eigenvalue weighted by molar-refractivity contribution is 0.0690. The van der Waals surface area contributed by atoms with Crippen molar-refractivity contribution in [2.45, 2.75) is 51.2 Å². The Bertz CT molecular complexity index is 873. The van der Waals surface area contributed by atoms with Gasteiger partial charge in [0.2, 0.25) is 0 Å². The van der Waals surface area contributed by atoms with Gasteiger partial charge in [0.05, 0.1) is 0 Å². The highest BCUT2D eigenvalue weighted by molar-refractivity contribution is 5.85. The molecule has 4 rings (SSSR count). The first-order chi connectivity index (χ1) is 14.6. The first kappa shape index (κ1) is 20.8. The summed E-state index contributed by atoms with van der Waals surface area (Å²) in [5.41, 5.74) is 3.99. The van der Waals surface area contributed by atoms with Crippen LogP contribution in [0, 0.1) is 11.8 Å². The fourth-order valence-electron chi connectivity index (χ4n) is 4.37. The molecule has 0 unspecified atom stereocenters. The molecule has 0 aliphatic heterocycles. The predicted octanol–water partition coefficient (Wildman–Crippen LogP) is 4.12. The van der Waals surface area contributed by atoms with Gasteiger partial charge in [0.15, 0.2) is 0 Å². The molecule has 5 nitrogen and oxygen atoms in total. The molecular weight excluding hydrogens is 374 g/mol. The fraction of sp³-hybridized carbons (Fsp3) is 0.440. The molecule has 2 atom stereocenters. The van der Waals surface area contributed by atoms with Crippen LogP contribution in [0.4, 0.5) is 0 Å². The molecule has 0 amide bonds. The van der Waals surface area contributed by atoms with Crippen LogP contribution in [0.15, 0.2) is 54.2 Å². The monoisotopic (exact) mass is 405 g/mol. The molecule has 2 aromatic rings. The third kappa shape index (κ3) is 5.35. The van der Waals surface area contributed by atoms with Gasteiger partial charge >= 0.3 is 5.97 Å². The topological polar surface area (TPSA) is 74.2 Å². The lowest BCUT2D eigenvalue weighted by Crippen LogP contribution is -2.44. The van der Waals surface area contributed by atoms with Crippen LogP contribution >= 0.6 is 0 Å². The van der Waals surface area contributed by atoms with E-state index in [4.69, 9.17) is 5.11 Å². The first-order valence-electron chi connectivity index (χ1n) is 11.0. The molecule has 5 heteroatoms. The van der Waals surface area contributed by atoms with Crippen molar-refractivity contribution in [2.75, 3.05) is 6.54 Å². The van der Waals surface area contributed by atoms with Crippen molar-refractivity contribution in [3.8, 4) is 0 Å². The fourth-order valence-corrected chi connectivity index (χ4v) is 4.37. The van der Waals surface area contributed by atoms with Gasteiger partial charge in [0, 0.05) is 24.8 Å². The lowest BCUT2D eigenvalue weighted by atomic mass is 9.80. The molecule has 0 saturated heterocycles. The van der Waals surface area contributed by atoms with E-state index in [2.05, 4.69) is 58.9 Å². The van der Waals surface area contributed by atoms with E-state index in [1.54, 1.807) is 17.8 Å². The maximum absolute atomic E-state index is 10.9. The van der Waals surface area contributed by atoms with Crippen LogP contribution in [0.25, 0.3) is 6.08 Å². The van der Waals surface area contributed by atoms with Gasteiger partial charge in [-0.3, -0.25) is 0 Å². The summed E-state index contributed by atoms with van der Waals surface area (Å²) in [5.74, 6) is 0.466. The molecule has 30 heavy (non-hydrogen) atoms. The zero-order valence-corrected chi connectivity index (χ0v) is 17.6. The van der Waals surface area contributed by atoms with Crippen LogP contribution in [-0.2, 0) is 6.54 Å². The summed E-state index contributed by atoms with van der Waals surface area (Å²) < 4.78 is 0. The van der Waals surface area contributed by atoms with Crippen LogP contribution in [0.1, 0.15) is 54.2 Å². The molecule has 3 N–H and O–H groups in total. The molecule has 1 aromatic heterocycles. The van der Waals surface area contributed by atoms with E-state index < -0.39 is 5.97 Å². The molecular formula is C25H31N3O2. The molecule has 2 fully saturated rings. The van der Waals surface area contributed by atoms with Crippen LogP contribution in [0.5, 0.6) is 0 Å². The lowest BCUT2D eigenvalue weighted by Gasteiger charge is -2.36. The van der Waals surface area contributed by atoms with E-state index in [-0.39, 0.29) is 5.69 Å². The number of carboxylic acid groups (broad SMARTS) is 1. The summed E-state index contributed by atoms with van der Waals surface area (Å²) in [5, 5.41) is 16.2. The van der Waals surface area contributed by atoms with Gasteiger partial charge in [-0.05, 0) is 61.3 Å². The average Bonchev–Trinajstić information content (AvgIpc) is 3.51. The van der Waals surface area contributed by atoms with Gasteiger partial charge in [0.25, 0.3) is 0 Å². The zero-order chi connectivity index (χ0) is 20.9. The van der Waals surface area contributed by atoms with E-state index in [0.717, 1.165) is 31.0 Å². The quantitative estimate of drug-likeness (QED) is 0.554. The average molecular weight is 406 g/mol. The number of aromatic nitrogens is 1. The molecule has 1 heterocycles. The summed E-state index contributed by atoms with van der Waals surface area (Å²) in [6.07, 6.45) is 8.80. The molecule has 0 spiro atoms. The minimum Gasteiger partial charge on any atom is -0.477 e. The Hall–Kier alpha value is -2.50. The van der Waals surface area contributed by atoms with Gasteiger partial charge < -0.3 is 15.7 Å². The molecule has 2 aliphatic rings. The van der Waals surface area contributed by atoms with E-state index in [1.807, 2.05) is 6.07 Å². The van der Waals surface area contributed by atoms with Gasteiger partial charge in [-0.2, -0.15) is 0 Å². The predicted molar refractivity (Wildman–Crippen MR) is 119 cm³/mol. The smallest absolute Gasteiger partial charge is 0.354 e. The first-order valence-corrected chi connectivity index (χ1v) is 11.0. The summed E-state index contributed by atoms with van der Waals surface area (Å²) in [6, 6.07) is 15.2. The number of hydrogen-bond acceptors (Lipinski definition) is 4.